The van der Waals surface area contributed by atoms with Crippen molar-refractivity contribution in [1.29, 1.82) is 0 Å². The monoisotopic (exact) mass is 250 g/mol. The van der Waals surface area contributed by atoms with Crippen LogP contribution in [0.15, 0.2) is 30.3 Å². The van der Waals surface area contributed by atoms with Gasteiger partial charge in [0, 0.05) is 37.3 Å². The Bertz CT molecular complexity index is 408. The fourth-order valence-electron chi connectivity index (χ4n) is 1.73. The molecule has 1 saturated heterocycles. The molecule has 4 heteroatoms. The van der Waals surface area contributed by atoms with Crippen LogP contribution in [0.4, 0.5) is 0 Å². The van der Waals surface area contributed by atoms with Gasteiger partial charge in [0.25, 0.3) is 0 Å². The van der Waals surface area contributed by atoms with Crippen molar-refractivity contribution in [3.63, 3.8) is 0 Å². The molecule has 0 aliphatic carbocycles. The van der Waals surface area contributed by atoms with E-state index in [-0.39, 0.29) is 5.91 Å². The van der Waals surface area contributed by atoms with Gasteiger partial charge in [-0.05, 0) is 23.8 Å². The van der Waals surface area contributed by atoms with Crippen LogP contribution in [-0.4, -0.2) is 37.0 Å². The van der Waals surface area contributed by atoms with Gasteiger partial charge in [-0.15, -0.1) is 0 Å². The van der Waals surface area contributed by atoms with Gasteiger partial charge >= 0.3 is 0 Å². The molecule has 17 heavy (non-hydrogen) atoms. The zero-order chi connectivity index (χ0) is 12.1. The second kappa shape index (κ2) is 5.84. The van der Waals surface area contributed by atoms with Gasteiger partial charge in [0.15, 0.2) is 0 Å². The van der Waals surface area contributed by atoms with Gasteiger partial charge in [-0.2, -0.15) is 0 Å². The van der Waals surface area contributed by atoms with Gasteiger partial charge in [-0.25, -0.2) is 0 Å². The molecular weight excluding hydrogens is 236 g/mol. The van der Waals surface area contributed by atoms with Crippen LogP contribution in [0.3, 0.4) is 0 Å². The Morgan fingerprint density at radius 1 is 1.24 bits per heavy atom. The third kappa shape index (κ3) is 3.58. The second-order valence-corrected chi connectivity index (χ2v) is 4.40. The number of nitrogens with one attached hydrogen (secondary N) is 1. The van der Waals surface area contributed by atoms with Crippen molar-refractivity contribution in [3.8, 4) is 0 Å². The highest BCUT2D eigenvalue weighted by atomic mass is 35.5. The Morgan fingerprint density at radius 3 is 2.53 bits per heavy atom. The summed E-state index contributed by atoms with van der Waals surface area (Å²) in [5.74, 6) is 0.0708. The molecule has 1 aliphatic heterocycles. The summed E-state index contributed by atoms with van der Waals surface area (Å²) in [6.07, 6.45) is 3.44. The zero-order valence-corrected chi connectivity index (χ0v) is 10.3. The van der Waals surface area contributed by atoms with E-state index in [1.807, 2.05) is 35.2 Å². The van der Waals surface area contributed by atoms with Crippen LogP contribution < -0.4 is 5.32 Å². The highest BCUT2D eigenvalue weighted by Crippen LogP contribution is 2.10. The number of hydrogen-bond donors (Lipinski definition) is 1. The topological polar surface area (TPSA) is 32.3 Å². The number of rotatable bonds is 2. The minimum atomic E-state index is 0.0708. The predicted molar refractivity (Wildman–Crippen MR) is 69.9 cm³/mol. The average molecular weight is 251 g/mol. The number of amides is 1. The smallest absolute Gasteiger partial charge is 0.246 e. The highest BCUT2D eigenvalue weighted by molar-refractivity contribution is 6.30. The first-order valence-electron chi connectivity index (χ1n) is 5.69. The van der Waals surface area contributed by atoms with Crippen LogP contribution in [0.1, 0.15) is 5.56 Å². The quantitative estimate of drug-likeness (QED) is 0.812. The SMILES string of the molecule is O=C(/C=C/c1ccc(Cl)cc1)N1CCNCC1. The van der Waals surface area contributed by atoms with Crippen molar-refractivity contribution in [2.45, 2.75) is 0 Å². The molecule has 1 N–H and O–H groups in total. The maximum atomic E-state index is 11.8. The van der Waals surface area contributed by atoms with E-state index in [0.29, 0.717) is 5.02 Å². The van der Waals surface area contributed by atoms with Gasteiger partial charge < -0.3 is 10.2 Å². The fourth-order valence-corrected chi connectivity index (χ4v) is 1.86. The van der Waals surface area contributed by atoms with E-state index in [1.54, 1.807) is 6.08 Å². The third-order valence-electron chi connectivity index (χ3n) is 2.72. The number of halogens is 1. The van der Waals surface area contributed by atoms with Gasteiger partial charge in [0.05, 0.1) is 0 Å². The van der Waals surface area contributed by atoms with Crippen LogP contribution in [-0.2, 0) is 4.79 Å². The summed E-state index contributed by atoms with van der Waals surface area (Å²) in [6.45, 7) is 3.31. The van der Waals surface area contributed by atoms with E-state index < -0.39 is 0 Å². The summed E-state index contributed by atoms with van der Waals surface area (Å²) in [6, 6.07) is 7.42. The summed E-state index contributed by atoms with van der Waals surface area (Å²) in [5, 5.41) is 3.92. The van der Waals surface area contributed by atoms with Crippen molar-refractivity contribution < 1.29 is 4.79 Å². The lowest BCUT2D eigenvalue weighted by Gasteiger charge is -2.26. The highest BCUT2D eigenvalue weighted by Gasteiger charge is 2.12. The lowest BCUT2D eigenvalue weighted by Crippen LogP contribution is -2.45. The molecule has 1 aromatic rings. The zero-order valence-electron chi connectivity index (χ0n) is 9.53. The average Bonchev–Trinajstić information content (AvgIpc) is 2.39. The summed E-state index contributed by atoms with van der Waals surface area (Å²) in [4.78, 5) is 13.7. The Kier molecular flexibility index (Phi) is 4.18. The van der Waals surface area contributed by atoms with E-state index in [0.717, 1.165) is 31.7 Å². The van der Waals surface area contributed by atoms with Crippen LogP contribution in [0, 0.1) is 0 Å². The second-order valence-electron chi connectivity index (χ2n) is 3.96. The molecule has 0 saturated carbocycles. The maximum absolute atomic E-state index is 11.8. The number of benzene rings is 1. The molecule has 1 fully saturated rings. The lowest BCUT2D eigenvalue weighted by molar-refractivity contribution is -0.126. The van der Waals surface area contributed by atoms with Gasteiger partial charge in [0.2, 0.25) is 5.91 Å². The van der Waals surface area contributed by atoms with Crippen molar-refractivity contribution in [3.05, 3.63) is 40.9 Å². The molecular formula is C13H15ClN2O. The summed E-state index contributed by atoms with van der Waals surface area (Å²) in [5.41, 5.74) is 0.984. The summed E-state index contributed by atoms with van der Waals surface area (Å²) < 4.78 is 0. The number of nitrogens with zero attached hydrogens (tertiary/aromatic N) is 1. The molecule has 1 aromatic carbocycles. The van der Waals surface area contributed by atoms with Gasteiger partial charge in [-0.1, -0.05) is 23.7 Å². The lowest BCUT2D eigenvalue weighted by atomic mass is 10.2. The minimum Gasteiger partial charge on any atom is -0.337 e. The molecule has 0 unspecified atom stereocenters. The first-order valence-corrected chi connectivity index (χ1v) is 6.07. The van der Waals surface area contributed by atoms with Crippen molar-refractivity contribution in [2.75, 3.05) is 26.2 Å². The van der Waals surface area contributed by atoms with Gasteiger partial charge in [0.1, 0.15) is 0 Å². The largest absolute Gasteiger partial charge is 0.337 e. The Hall–Kier alpha value is -1.32. The van der Waals surface area contributed by atoms with Gasteiger partial charge in [-0.3, -0.25) is 4.79 Å². The summed E-state index contributed by atoms with van der Waals surface area (Å²) >= 11 is 5.79. The molecule has 1 heterocycles. The molecule has 2 rings (SSSR count). The van der Waals surface area contributed by atoms with Crippen molar-refractivity contribution >= 4 is 23.6 Å². The molecule has 0 bridgehead atoms. The molecule has 3 nitrogen and oxygen atoms in total. The number of carbonyl (C=O) groups excluding carboxylic acids is 1. The molecule has 0 atom stereocenters. The predicted octanol–water partition coefficient (Wildman–Crippen LogP) is 1.78. The van der Waals surface area contributed by atoms with Crippen molar-refractivity contribution in [1.82, 2.24) is 10.2 Å². The van der Waals surface area contributed by atoms with E-state index in [4.69, 9.17) is 11.6 Å². The Balaban J connectivity index is 1.95. The Labute approximate surface area is 106 Å². The van der Waals surface area contributed by atoms with Crippen molar-refractivity contribution in [2.24, 2.45) is 0 Å². The fraction of sp³-hybridized carbons (Fsp3) is 0.308. The van der Waals surface area contributed by atoms with E-state index >= 15 is 0 Å². The van der Waals surface area contributed by atoms with E-state index in [9.17, 15) is 4.79 Å². The molecule has 90 valence electrons. The molecule has 0 aromatic heterocycles. The Morgan fingerprint density at radius 2 is 1.88 bits per heavy atom. The molecule has 0 spiro atoms. The molecule has 1 aliphatic rings. The summed E-state index contributed by atoms with van der Waals surface area (Å²) in [7, 11) is 0. The van der Waals surface area contributed by atoms with E-state index in [1.165, 1.54) is 0 Å². The number of piperazine rings is 1. The third-order valence-corrected chi connectivity index (χ3v) is 2.97. The normalized spacial score (nSPS) is 16.4. The maximum Gasteiger partial charge on any atom is 0.246 e. The van der Waals surface area contributed by atoms with Crippen LogP contribution in [0.25, 0.3) is 6.08 Å². The first-order chi connectivity index (χ1) is 8.25. The molecule has 1 amide bonds. The standard InChI is InChI=1S/C13H15ClN2O/c14-12-4-1-11(2-5-12)3-6-13(17)16-9-7-15-8-10-16/h1-6,15H,7-10H2/b6-3+. The first kappa shape index (κ1) is 12.1. The number of carbonyl (C=O) groups is 1. The van der Waals surface area contributed by atoms with Crippen LogP contribution in [0.2, 0.25) is 5.02 Å². The molecule has 0 radical (unpaired) electrons. The van der Waals surface area contributed by atoms with Crippen LogP contribution >= 0.6 is 11.6 Å². The van der Waals surface area contributed by atoms with E-state index in [2.05, 4.69) is 5.32 Å². The van der Waals surface area contributed by atoms with Crippen LogP contribution in [0.5, 0.6) is 0 Å². The minimum absolute atomic E-state index is 0.0708. The number of hydrogen-bond acceptors (Lipinski definition) is 2.